The molecule has 2 aromatic carbocycles. The summed E-state index contributed by atoms with van der Waals surface area (Å²) >= 11 is 0. The van der Waals surface area contributed by atoms with Crippen LogP contribution < -0.4 is 16.2 Å². The number of carbonyl (C=O) groups is 1. The van der Waals surface area contributed by atoms with E-state index >= 15 is 0 Å². The number of carbonyl (C=O) groups excluding carboxylic acids is 1. The Morgan fingerprint density at radius 1 is 1.03 bits per heavy atom. The predicted molar refractivity (Wildman–Crippen MR) is 107 cm³/mol. The van der Waals surface area contributed by atoms with Crippen LogP contribution >= 0.6 is 0 Å². The first kappa shape index (κ1) is 20.2. The highest BCUT2D eigenvalue weighted by Crippen LogP contribution is 2.19. The fourth-order valence-electron chi connectivity index (χ4n) is 2.74. The van der Waals surface area contributed by atoms with Crippen LogP contribution in [0.5, 0.6) is 0 Å². The number of nitrogens with one attached hydrogen (secondary N) is 2. The number of anilines is 3. The first-order valence-corrected chi connectivity index (χ1v) is 8.90. The van der Waals surface area contributed by atoms with Gasteiger partial charge >= 0.3 is 0 Å². The number of hydrogen-bond donors (Lipinski definition) is 2. The van der Waals surface area contributed by atoms with Gasteiger partial charge in [-0.1, -0.05) is 6.07 Å². The molecular formula is C21H20F2N4O2. The van der Waals surface area contributed by atoms with E-state index < -0.39 is 29.6 Å². The predicted octanol–water partition coefficient (Wildman–Crippen LogP) is 3.83. The number of nitrogens with zero attached hydrogens (tertiary/aromatic N) is 2. The molecule has 0 aliphatic carbocycles. The Kier molecular flexibility index (Phi) is 5.72. The largest absolute Gasteiger partial charge is 0.326 e. The molecule has 0 saturated heterocycles. The highest BCUT2D eigenvalue weighted by atomic mass is 19.1. The number of aryl methyl sites for hydroxylation is 3. The van der Waals surface area contributed by atoms with Crippen LogP contribution in [0.25, 0.3) is 0 Å². The van der Waals surface area contributed by atoms with E-state index in [4.69, 9.17) is 0 Å². The Morgan fingerprint density at radius 2 is 1.79 bits per heavy atom. The maximum Gasteiger partial charge on any atom is 0.255 e. The molecule has 6 nitrogen and oxygen atoms in total. The monoisotopic (exact) mass is 398 g/mol. The molecule has 3 rings (SSSR count). The quantitative estimate of drug-likeness (QED) is 0.685. The second-order valence-electron chi connectivity index (χ2n) is 6.74. The lowest BCUT2D eigenvalue weighted by molar-refractivity contribution is -0.116. The molecular weight excluding hydrogens is 378 g/mol. The Bertz CT molecular complexity index is 1140. The fourth-order valence-corrected chi connectivity index (χ4v) is 2.74. The van der Waals surface area contributed by atoms with Gasteiger partial charge in [-0.05, 0) is 56.2 Å². The number of amides is 1. The van der Waals surface area contributed by atoms with Crippen molar-refractivity contribution in [2.24, 2.45) is 0 Å². The van der Waals surface area contributed by atoms with Crippen LogP contribution in [0.2, 0.25) is 0 Å². The molecule has 150 valence electrons. The molecule has 0 fully saturated rings. The lowest BCUT2D eigenvalue weighted by Crippen LogP contribution is -2.30. The molecule has 0 bridgehead atoms. The van der Waals surface area contributed by atoms with Crippen molar-refractivity contribution < 1.29 is 13.6 Å². The molecule has 8 heteroatoms. The molecule has 2 N–H and O–H groups in total. The van der Waals surface area contributed by atoms with Crippen molar-refractivity contribution in [3.8, 4) is 0 Å². The summed E-state index contributed by atoms with van der Waals surface area (Å²) in [5.41, 5.74) is 2.60. The maximum atomic E-state index is 13.8. The average Bonchev–Trinajstić information content (AvgIpc) is 2.64. The van der Waals surface area contributed by atoms with E-state index in [-0.39, 0.29) is 11.6 Å². The summed E-state index contributed by atoms with van der Waals surface area (Å²) in [6.07, 6.45) is 0. The third kappa shape index (κ3) is 4.84. The standard InChI is InChI=1S/C21H20F2N4O2/c1-12-4-6-16(8-13(12)2)25-21-24-14(3)9-20(29)27(21)11-19(28)26-18-10-15(22)5-7-17(18)23/h4-10H,11H2,1-3H3,(H,24,25)(H,26,28). The molecule has 29 heavy (non-hydrogen) atoms. The first-order chi connectivity index (χ1) is 13.7. The second-order valence-corrected chi connectivity index (χ2v) is 6.74. The van der Waals surface area contributed by atoms with Crippen LogP contribution in [0.15, 0.2) is 47.3 Å². The molecule has 0 atom stereocenters. The van der Waals surface area contributed by atoms with Crippen molar-refractivity contribution in [2.75, 3.05) is 10.6 Å². The van der Waals surface area contributed by atoms with Gasteiger partial charge in [0.15, 0.2) is 0 Å². The van der Waals surface area contributed by atoms with Crippen LogP contribution in [-0.2, 0) is 11.3 Å². The molecule has 1 amide bonds. The van der Waals surface area contributed by atoms with E-state index in [0.717, 1.165) is 33.9 Å². The summed E-state index contributed by atoms with van der Waals surface area (Å²) in [6, 6.07) is 9.69. The topological polar surface area (TPSA) is 76.0 Å². The van der Waals surface area contributed by atoms with Crippen molar-refractivity contribution in [2.45, 2.75) is 27.3 Å². The average molecular weight is 398 g/mol. The van der Waals surface area contributed by atoms with Crippen molar-refractivity contribution in [1.29, 1.82) is 0 Å². The summed E-state index contributed by atoms with van der Waals surface area (Å²) < 4.78 is 28.2. The molecule has 3 aromatic rings. The maximum absolute atomic E-state index is 13.8. The van der Waals surface area contributed by atoms with Crippen molar-refractivity contribution >= 4 is 23.2 Å². The Balaban J connectivity index is 1.88. The van der Waals surface area contributed by atoms with Crippen molar-refractivity contribution in [3.05, 3.63) is 81.3 Å². The van der Waals surface area contributed by atoms with Crippen LogP contribution in [0.3, 0.4) is 0 Å². The smallest absolute Gasteiger partial charge is 0.255 e. The van der Waals surface area contributed by atoms with Crippen LogP contribution in [0.1, 0.15) is 16.8 Å². The van der Waals surface area contributed by atoms with Crippen molar-refractivity contribution in [3.63, 3.8) is 0 Å². The number of hydrogen-bond acceptors (Lipinski definition) is 4. The van der Waals surface area contributed by atoms with Gasteiger partial charge in [0.05, 0.1) is 5.69 Å². The zero-order valence-corrected chi connectivity index (χ0v) is 16.2. The zero-order valence-electron chi connectivity index (χ0n) is 16.2. The van der Waals surface area contributed by atoms with Gasteiger partial charge in [0.1, 0.15) is 18.2 Å². The minimum atomic E-state index is -0.775. The molecule has 0 aliphatic heterocycles. The molecule has 0 aliphatic rings. The Hall–Kier alpha value is -3.55. The van der Waals surface area contributed by atoms with E-state index in [0.29, 0.717) is 11.4 Å². The summed E-state index contributed by atoms with van der Waals surface area (Å²) in [6.45, 7) is 5.18. The molecule has 0 saturated carbocycles. The van der Waals surface area contributed by atoms with Gasteiger partial charge in [0, 0.05) is 23.5 Å². The van der Waals surface area contributed by atoms with E-state index in [1.54, 1.807) is 6.92 Å². The highest BCUT2D eigenvalue weighted by molar-refractivity contribution is 5.90. The highest BCUT2D eigenvalue weighted by Gasteiger charge is 2.14. The normalized spacial score (nSPS) is 10.7. The van der Waals surface area contributed by atoms with E-state index in [2.05, 4.69) is 15.6 Å². The molecule has 0 radical (unpaired) electrons. The SMILES string of the molecule is Cc1cc(=O)n(CC(=O)Nc2cc(F)ccc2F)c(Nc2ccc(C)c(C)c2)n1. The van der Waals surface area contributed by atoms with E-state index in [1.165, 1.54) is 6.07 Å². The van der Waals surface area contributed by atoms with E-state index in [1.807, 2.05) is 32.0 Å². The van der Waals surface area contributed by atoms with Gasteiger partial charge in [-0.3, -0.25) is 14.2 Å². The molecule has 1 heterocycles. The van der Waals surface area contributed by atoms with Crippen LogP contribution in [0, 0.1) is 32.4 Å². The number of rotatable bonds is 5. The fraction of sp³-hybridized carbons (Fsp3) is 0.190. The Labute approximate surface area is 166 Å². The van der Waals surface area contributed by atoms with Crippen molar-refractivity contribution in [1.82, 2.24) is 9.55 Å². The summed E-state index contributed by atoms with van der Waals surface area (Å²) in [7, 11) is 0. The van der Waals surface area contributed by atoms with Crippen LogP contribution in [0.4, 0.5) is 26.1 Å². The Morgan fingerprint density at radius 3 is 2.52 bits per heavy atom. The van der Waals surface area contributed by atoms with Gasteiger partial charge < -0.3 is 10.6 Å². The molecule has 0 unspecified atom stereocenters. The van der Waals surface area contributed by atoms with Gasteiger partial charge in [0.2, 0.25) is 11.9 Å². The second kappa shape index (κ2) is 8.22. The molecule has 0 spiro atoms. The van der Waals surface area contributed by atoms with Gasteiger partial charge in [-0.15, -0.1) is 0 Å². The lowest BCUT2D eigenvalue weighted by Gasteiger charge is -2.15. The summed E-state index contributed by atoms with van der Waals surface area (Å²) in [5.74, 6) is -1.98. The number of halogens is 2. The third-order valence-corrected chi connectivity index (χ3v) is 4.40. The number of aromatic nitrogens is 2. The number of benzene rings is 2. The molecule has 1 aromatic heterocycles. The first-order valence-electron chi connectivity index (χ1n) is 8.90. The van der Waals surface area contributed by atoms with E-state index in [9.17, 15) is 18.4 Å². The summed E-state index contributed by atoms with van der Waals surface area (Å²) in [4.78, 5) is 29.1. The van der Waals surface area contributed by atoms with Crippen LogP contribution in [-0.4, -0.2) is 15.5 Å². The minimum absolute atomic E-state index is 0.174. The zero-order chi connectivity index (χ0) is 21.1. The van der Waals surface area contributed by atoms with Gasteiger partial charge in [-0.25, -0.2) is 13.8 Å². The third-order valence-electron chi connectivity index (χ3n) is 4.40. The minimum Gasteiger partial charge on any atom is -0.326 e. The van der Waals surface area contributed by atoms with Gasteiger partial charge in [-0.2, -0.15) is 0 Å². The lowest BCUT2D eigenvalue weighted by atomic mass is 10.1. The van der Waals surface area contributed by atoms with Gasteiger partial charge in [0.25, 0.3) is 5.56 Å². The summed E-state index contributed by atoms with van der Waals surface area (Å²) in [5, 5.41) is 5.33.